The molecule has 2 rings (SSSR count). The lowest BCUT2D eigenvalue weighted by Gasteiger charge is -2.31. The van der Waals surface area contributed by atoms with Crippen molar-refractivity contribution >= 4 is 35.6 Å². The van der Waals surface area contributed by atoms with Crippen LogP contribution in [0.25, 0.3) is 0 Å². The molecule has 1 amide bonds. The molecule has 0 saturated carbocycles. The van der Waals surface area contributed by atoms with Crippen molar-refractivity contribution in [3.63, 3.8) is 0 Å². The molecule has 130 valence electrons. The van der Waals surface area contributed by atoms with E-state index in [1.807, 2.05) is 17.5 Å². The molecule has 0 bridgehead atoms. The number of hydrogen-bond donors (Lipinski definition) is 2. The molecule has 1 aliphatic heterocycles. The van der Waals surface area contributed by atoms with Gasteiger partial charge in [-0.15, -0.1) is 23.7 Å². The van der Waals surface area contributed by atoms with Gasteiger partial charge in [-0.05, 0) is 36.2 Å². The molecule has 0 aromatic carbocycles. The van der Waals surface area contributed by atoms with E-state index in [2.05, 4.69) is 26.1 Å². The van der Waals surface area contributed by atoms with Crippen LogP contribution in [-0.2, 0) is 9.59 Å². The van der Waals surface area contributed by atoms with E-state index in [0.717, 1.165) is 11.3 Å². The van der Waals surface area contributed by atoms with Crippen LogP contribution in [0.15, 0.2) is 17.5 Å². The number of carboxylic acids is 1. The molecule has 23 heavy (non-hydrogen) atoms. The van der Waals surface area contributed by atoms with Gasteiger partial charge < -0.3 is 10.4 Å². The minimum Gasteiger partial charge on any atom is -0.480 e. The quantitative estimate of drug-likeness (QED) is 0.847. The largest absolute Gasteiger partial charge is 0.480 e. The van der Waals surface area contributed by atoms with E-state index in [-0.39, 0.29) is 36.3 Å². The first-order valence-corrected chi connectivity index (χ1v) is 8.46. The summed E-state index contributed by atoms with van der Waals surface area (Å²) in [6.07, 6.45) is 1.45. The summed E-state index contributed by atoms with van der Waals surface area (Å²) in [5.41, 5.74) is -0.0995. The number of nitrogens with one attached hydrogen (secondary N) is 1. The third-order valence-corrected chi connectivity index (χ3v) is 4.93. The Morgan fingerprint density at radius 1 is 1.48 bits per heavy atom. The molecule has 1 aromatic heterocycles. The summed E-state index contributed by atoms with van der Waals surface area (Å²) >= 11 is 1.63. The van der Waals surface area contributed by atoms with Crippen LogP contribution in [0.1, 0.15) is 44.5 Å². The summed E-state index contributed by atoms with van der Waals surface area (Å²) in [6, 6.07) is 3.41. The topological polar surface area (TPSA) is 69.6 Å². The average molecular weight is 361 g/mol. The highest BCUT2D eigenvalue weighted by atomic mass is 35.5. The fourth-order valence-corrected chi connectivity index (χ4v) is 3.88. The van der Waals surface area contributed by atoms with Crippen molar-refractivity contribution in [1.82, 2.24) is 10.2 Å². The highest BCUT2D eigenvalue weighted by molar-refractivity contribution is 7.10. The molecular weight excluding hydrogens is 336 g/mol. The molecule has 1 unspecified atom stereocenters. The van der Waals surface area contributed by atoms with Gasteiger partial charge >= 0.3 is 5.97 Å². The summed E-state index contributed by atoms with van der Waals surface area (Å²) in [6.45, 7) is 7.09. The van der Waals surface area contributed by atoms with Crippen LogP contribution in [0.3, 0.4) is 0 Å². The Morgan fingerprint density at radius 3 is 2.70 bits per heavy atom. The number of aliphatic carboxylic acids is 1. The number of carboxylic acid groups (broad SMARTS) is 1. The molecule has 0 radical (unpaired) electrons. The summed E-state index contributed by atoms with van der Waals surface area (Å²) in [5, 5.41) is 14.3. The summed E-state index contributed by atoms with van der Waals surface area (Å²) in [4.78, 5) is 26.4. The SMILES string of the molecule is CC(C)(C)C(NC(=O)CN1CCC[C@@H]1C(=O)O)c1cccs1.Cl. The maximum absolute atomic E-state index is 12.4. The van der Waals surface area contributed by atoms with Crippen LogP contribution < -0.4 is 5.32 Å². The van der Waals surface area contributed by atoms with Crippen LogP contribution in [0.2, 0.25) is 0 Å². The van der Waals surface area contributed by atoms with E-state index in [1.54, 1.807) is 16.2 Å². The molecule has 0 aliphatic carbocycles. The van der Waals surface area contributed by atoms with Gasteiger partial charge in [0.1, 0.15) is 6.04 Å². The standard InChI is InChI=1S/C16H24N2O3S.ClH/c1-16(2,3)14(12-7-5-9-22-12)17-13(19)10-18-8-4-6-11(18)15(20)21;/h5,7,9,11,14H,4,6,8,10H2,1-3H3,(H,17,19)(H,20,21);1H/t11-,14?;/m1./s1. The number of amides is 1. The van der Waals surface area contributed by atoms with E-state index >= 15 is 0 Å². The maximum atomic E-state index is 12.4. The number of nitrogens with zero attached hydrogens (tertiary/aromatic N) is 1. The lowest BCUT2D eigenvalue weighted by atomic mass is 9.85. The van der Waals surface area contributed by atoms with Crippen molar-refractivity contribution < 1.29 is 14.7 Å². The molecule has 1 saturated heterocycles. The zero-order valence-electron chi connectivity index (χ0n) is 13.7. The van der Waals surface area contributed by atoms with Crippen molar-refractivity contribution in [2.45, 2.75) is 45.7 Å². The number of rotatable bonds is 5. The van der Waals surface area contributed by atoms with E-state index in [0.29, 0.717) is 13.0 Å². The first-order valence-electron chi connectivity index (χ1n) is 7.58. The summed E-state index contributed by atoms with van der Waals surface area (Å²) in [5.74, 6) is -0.947. The van der Waals surface area contributed by atoms with Gasteiger partial charge in [-0.25, -0.2) is 0 Å². The summed E-state index contributed by atoms with van der Waals surface area (Å²) in [7, 11) is 0. The predicted molar refractivity (Wildman–Crippen MR) is 94.1 cm³/mol. The number of carbonyl (C=O) groups is 2. The lowest BCUT2D eigenvalue weighted by Crippen LogP contribution is -2.45. The molecule has 2 atom stereocenters. The number of carbonyl (C=O) groups excluding carboxylic acids is 1. The zero-order valence-corrected chi connectivity index (χ0v) is 15.4. The molecule has 2 N–H and O–H groups in total. The smallest absolute Gasteiger partial charge is 0.320 e. The maximum Gasteiger partial charge on any atom is 0.320 e. The molecule has 2 heterocycles. The number of halogens is 1. The van der Waals surface area contributed by atoms with Gasteiger partial charge in [-0.1, -0.05) is 26.8 Å². The van der Waals surface area contributed by atoms with E-state index in [1.165, 1.54) is 0 Å². The van der Waals surface area contributed by atoms with Crippen LogP contribution >= 0.6 is 23.7 Å². The third kappa shape index (κ3) is 5.19. The summed E-state index contributed by atoms with van der Waals surface area (Å²) < 4.78 is 0. The Balaban J connectivity index is 0.00000264. The molecule has 5 nitrogen and oxygen atoms in total. The number of thiophene rings is 1. The minimum absolute atomic E-state index is 0. The van der Waals surface area contributed by atoms with Crippen molar-refractivity contribution in [3.8, 4) is 0 Å². The fraction of sp³-hybridized carbons (Fsp3) is 0.625. The van der Waals surface area contributed by atoms with Gasteiger partial charge in [-0.2, -0.15) is 0 Å². The second-order valence-corrected chi connectivity index (χ2v) is 7.83. The van der Waals surface area contributed by atoms with Crippen molar-refractivity contribution in [2.24, 2.45) is 5.41 Å². The van der Waals surface area contributed by atoms with E-state index in [4.69, 9.17) is 0 Å². The third-order valence-electron chi connectivity index (χ3n) is 3.99. The average Bonchev–Trinajstić information content (AvgIpc) is 3.05. The van der Waals surface area contributed by atoms with Gasteiger partial charge in [0.15, 0.2) is 0 Å². The zero-order chi connectivity index (χ0) is 16.3. The first kappa shape index (κ1) is 19.9. The molecule has 1 aromatic rings. The van der Waals surface area contributed by atoms with Gasteiger partial charge in [0.25, 0.3) is 0 Å². The van der Waals surface area contributed by atoms with Gasteiger partial charge in [-0.3, -0.25) is 14.5 Å². The van der Waals surface area contributed by atoms with Crippen molar-refractivity contribution in [2.75, 3.05) is 13.1 Å². The number of likely N-dealkylation sites (tertiary alicyclic amines) is 1. The predicted octanol–water partition coefficient (Wildman–Crippen LogP) is 2.92. The molecular formula is C16H25ClN2O3S. The lowest BCUT2D eigenvalue weighted by molar-refractivity contribution is -0.142. The van der Waals surface area contributed by atoms with E-state index in [9.17, 15) is 14.7 Å². The fourth-order valence-electron chi connectivity index (χ4n) is 2.86. The van der Waals surface area contributed by atoms with E-state index < -0.39 is 12.0 Å². The van der Waals surface area contributed by atoms with Crippen LogP contribution in [0.5, 0.6) is 0 Å². The molecule has 1 aliphatic rings. The molecule has 1 fully saturated rings. The highest BCUT2D eigenvalue weighted by Crippen LogP contribution is 2.35. The Labute approximate surface area is 147 Å². The van der Waals surface area contributed by atoms with Crippen LogP contribution in [0.4, 0.5) is 0 Å². The van der Waals surface area contributed by atoms with Crippen LogP contribution in [-0.4, -0.2) is 41.0 Å². The van der Waals surface area contributed by atoms with Crippen molar-refractivity contribution in [1.29, 1.82) is 0 Å². The molecule has 7 heteroatoms. The second-order valence-electron chi connectivity index (χ2n) is 6.85. The highest BCUT2D eigenvalue weighted by Gasteiger charge is 2.33. The Kier molecular flexibility index (Phi) is 7.04. The Hall–Kier alpha value is -1.11. The van der Waals surface area contributed by atoms with Gasteiger partial charge in [0.2, 0.25) is 5.91 Å². The second kappa shape index (κ2) is 8.13. The monoisotopic (exact) mass is 360 g/mol. The normalized spacial score (nSPS) is 19.9. The Morgan fingerprint density at radius 2 is 2.17 bits per heavy atom. The van der Waals surface area contributed by atoms with Gasteiger partial charge in [0.05, 0.1) is 12.6 Å². The molecule has 0 spiro atoms. The minimum atomic E-state index is -0.837. The van der Waals surface area contributed by atoms with Gasteiger partial charge in [0, 0.05) is 4.88 Å². The first-order chi connectivity index (χ1) is 10.3. The van der Waals surface area contributed by atoms with Crippen molar-refractivity contribution in [3.05, 3.63) is 22.4 Å². The number of hydrogen-bond acceptors (Lipinski definition) is 4. The van der Waals surface area contributed by atoms with Crippen LogP contribution in [0, 0.1) is 5.41 Å². The Bertz CT molecular complexity index is 528.